The number of hydrogen-bond acceptors (Lipinski definition) is 6. The molecule has 2 aromatic carbocycles. The number of aromatic nitrogens is 1. The lowest BCUT2D eigenvalue weighted by molar-refractivity contribution is 0.0526. The standard InChI is InChI=1S/C19H18O3S.C8H9NO2/c1-23(21,22)18-11-10-17(20)19-15-7-6-12-4-2-3-5-13(12)14(15)8-9-16(18)19;1-2-11-8(10)7-4-3-5-9-6-7/h2-5,8-10,18,20H,6-7,11H2,1H3;3-6H,2H2,1H3. The Hall–Kier alpha value is -3.45. The molecule has 2 aliphatic carbocycles. The Bertz CT molecular complexity index is 1350. The third-order valence-corrected chi connectivity index (χ3v) is 7.59. The first kappa shape index (κ1) is 23.7. The second kappa shape index (κ2) is 9.81. The third-order valence-electron chi connectivity index (χ3n) is 6.11. The number of aryl methyl sites for hydroxylation is 1. The lowest BCUT2D eigenvalue weighted by atomic mass is 9.79. The highest BCUT2D eigenvalue weighted by molar-refractivity contribution is 7.90. The van der Waals surface area contributed by atoms with Gasteiger partial charge in [-0.15, -0.1) is 0 Å². The number of rotatable bonds is 3. The van der Waals surface area contributed by atoms with Gasteiger partial charge in [0.1, 0.15) is 5.76 Å². The molecule has 1 aromatic heterocycles. The van der Waals surface area contributed by atoms with E-state index in [2.05, 4.69) is 17.1 Å². The van der Waals surface area contributed by atoms with E-state index in [1.54, 1.807) is 31.3 Å². The van der Waals surface area contributed by atoms with Gasteiger partial charge in [-0.1, -0.05) is 36.4 Å². The van der Waals surface area contributed by atoms with Crippen LogP contribution < -0.4 is 0 Å². The van der Waals surface area contributed by atoms with E-state index in [4.69, 9.17) is 4.74 Å². The van der Waals surface area contributed by atoms with E-state index in [1.807, 2.05) is 24.3 Å². The molecule has 0 saturated carbocycles. The molecule has 0 saturated heterocycles. The average molecular weight is 478 g/mol. The molecule has 1 atom stereocenters. The van der Waals surface area contributed by atoms with Crippen LogP contribution in [0.15, 0.2) is 67.0 Å². The minimum atomic E-state index is -3.21. The summed E-state index contributed by atoms with van der Waals surface area (Å²) in [4.78, 5) is 14.8. The normalized spacial score (nSPS) is 16.1. The molecule has 5 rings (SSSR count). The predicted octanol–water partition coefficient (Wildman–Crippen LogP) is 5.10. The van der Waals surface area contributed by atoms with Crippen molar-refractivity contribution in [2.45, 2.75) is 31.4 Å². The van der Waals surface area contributed by atoms with Gasteiger partial charge < -0.3 is 9.84 Å². The van der Waals surface area contributed by atoms with Crippen molar-refractivity contribution in [3.8, 4) is 11.1 Å². The van der Waals surface area contributed by atoms with Crippen LogP contribution in [0.5, 0.6) is 0 Å². The summed E-state index contributed by atoms with van der Waals surface area (Å²) in [7, 11) is -3.21. The highest BCUT2D eigenvalue weighted by Gasteiger charge is 2.32. The highest BCUT2D eigenvalue weighted by atomic mass is 32.2. The number of aliphatic hydroxyl groups is 1. The summed E-state index contributed by atoms with van der Waals surface area (Å²) in [6, 6.07) is 15.6. The molecule has 1 N–H and O–H groups in total. The zero-order valence-corrected chi connectivity index (χ0v) is 20.0. The molecule has 0 radical (unpaired) electrons. The number of nitrogens with zero attached hydrogens (tertiary/aromatic N) is 1. The summed E-state index contributed by atoms with van der Waals surface area (Å²) in [5, 5.41) is 9.86. The fraction of sp³-hybridized carbons (Fsp3) is 0.259. The number of aliphatic hydroxyl groups excluding tert-OH is 1. The number of esters is 1. The Morgan fingerprint density at radius 2 is 1.88 bits per heavy atom. The van der Waals surface area contributed by atoms with Gasteiger partial charge >= 0.3 is 5.97 Å². The fourth-order valence-electron chi connectivity index (χ4n) is 4.56. The number of carbonyl (C=O) groups is 1. The first-order valence-electron chi connectivity index (χ1n) is 11.2. The Labute approximate surface area is 199 Å². The highest BCUT2D eigenvalue weighted by Crippen LogP contribution is 2.44. The van der Waals surface area contributed by atoms with Crippen LogP contribution in [-0.2, 0) is 27.4 Å². The molecule has 7 heteroatoms. The number of sulfone groups is 1. The lowest BCUT2D eigenvalue weighted by Crippen LogP contribution is -2.19. The summed E-state index contributed by atoms with van der Waals surface area (Å²) in [5.41, 5.74) is 6.64. The van der Waals surface area contributed by atoms with E-state index in [0.717, 1.165) is 35.1 Å². The molecule has 3 aromatic rings. The van der Waals surface area contributed by atoms with Crippen LogP contribution in [-0.4, -0.2) is 37.3 Å². The van der Waals surface area contributed by atoms with Gasteiger partial charge in [-0.25, -0.2) is 13.2 Å². The second-order valence-corrected chi connectivity index (χ2v) is 10.5. The van der Waals surface area contributed by atoms with Gasteiger partial charge in [-0.2, -0.15) is 0 Å². The van der Waals surface area contributed by atoms with Crippen molar-refractivity contribution in [3.05, 3.63) is 94.8 Å². The van der Waals surface area contributed by atoms with Gasteiger partial charge in [-0.05, 0) is 72.2 Å². The van der Waals surface area contributed by atoms with Gasteiger partial charge in [-0.3, -0.25) is 4.98 Å². The smallest absolute Gasteiger partial charge is 0.339 e. The van der Waals surface area contributed by atoms with Crippen LogP contribution in [0.1, 0.15) is 51.2 Å². The monoisotopic (exact) mass is 477 g/mol. The predicted molar refractivity (Wildman–Crippen MR) is 132 cm³/mol. The molecule has 2 aliphatic rings. The van der Waals surface area contributed by atoms with Crippen LogP contribution in [0.2, 0.25) is 0 Å². The fourth-order valence-corrected chi connectivity index (χ4v) is 5.66. The molecule has 1 unspecified atom stereocenters. The molecule has 1 heterocycles. The summed E-state index contributed by atoms with van der Waals surface area (Å²) >= 11 is 0. The topological polar surface area (TPSA) is 93.6 Å². The summed E-state index contributed by atoms with van der Waals surface area (Å²) in [5.74, 6) is -0.100. The minimum Gasteiger partial charge on any atom is -0.508 e. The van der Waals surface area contributed by atoms with Crippen molar-refractivity contribution in [1.29, 1.82) is 0 Å². The van der Waals surface area contributed by atoms with Gasteiger partial charge in [0.25, 0.3) is 0 Å². The number of hydrogen-bond donors (Lipinski definition) is 1. The van der Waals surface area contributed by atoms with Gasteiger partial charge in [0, 0.05) is 24.2 Å². The third kappa shape index (κ3) is 4.75. The van der Waals surface area contributed by atoms with Gasteiger partial charge in [0.2, 0.25) is 0 Å². The molecule has 6 nitrogen and oxygen atoms in total. The van der Waals surface area contributed by atoms with Crippen LogP contribution >= 0.6 is 0 Å². The van der Waals surface area contributed by atoms with E-state index in [1.165, 1.54) is 23.6 Å². The summed E-state index contributed by atoms with van der Waals surface area (Å²) in [6.45, 7) is 2.17. The van der Waals surface area contributed by atoms with Gasteiger partial charge in [0.05, 0.1) is 17.4 Å². The van der Waals surface area contributed by atoms with Crippen LogP contribution in [0, 0.1) is 0 Å². The maximum absolute atomic E-state index is 12.1. The molecule has 0 spiro atoms. The molecular formula is C27H27NO5S. The Kier molecular flexibility index (Phi) is 6.84. The van der Waals surface area contributed by atoms with E-state index in [-0.39, 0.29) is 11.7 Å². The molecule has 0 fully saturated rings. The first-order valence-corrected chi connectivity index (χ1v) is 13.2. The second-order valence-electron chi connectivity index (χ2n) is 8.32. The molecule has 176 valence electrons. The number of carbonyl (C=O) groups excluding carboxylic acids is 1. The van der Waals surface area contributed by atoms with E-state index in [0.29, 0.717) is 18.6 Å². The van der Waals surface area contributed by atoms with Crippen molar-refractivity contribution < 1.29 is 23.1 Å². The van der Waals surface area contributed by atoms with Crippen LogP contribution in [0.25, 0.3) is 16.9 Å². The Balaban J connectivity index is 0.000000210. The largest absolute Gasteiger partial charge is 0.508 e. The zero-order valence-electron chi connectivity index (χ0n) is 19.2. The summed E-state index contributed by atoms with van der Waals surface area (Å²) in [6.07, 6.45) is 8.09. The lowest BCUT2D eigenvalue weighted by Gasteiger charge is -2.29. The molecule has 0 bridgehead atoms. The summed E-state index contributed by atoms with van der Waals surface area (Å²) < 4.78 is 29.0. The minimum absolute atomic E-state index is 0.219. The van der Waals surface area contributed by atoms with Gasteiger partial charge in [0.15, 0.2) is 9.84 Å². The number of pyridine rings is 1. The van der Waals surface area contributed by atoms with Crippen molar-refractivity contribution in [2.75, 3.05) is 12.9 Å². The maximum atomic E-state index is 12.1. The zero-order chi connectivity index (χ0) is 24.3. The Morgan fingerprint density at radius 1 is 1.09 bits per heavy atom. The average Bonchev–Trinajstić information content (AvgIpc) is 2.84. The molecule has 0 aliphatic heterocycles. The van der Waals surface area contributed by atoms with E-state index < -0.39 is 15.1 Å². The van der Waals surface area contributed by atoms with Crippen molar-refractivity contribution >= 4 is 21.6 Å². The van der Waals surface area contributed by atoms with Crippen LogP contribution in [0.4, 0.5) is 0 Å². The van der Waals surface area contributed by atoms with E-state index >= 15 is 0 Å². The van der Waals surface area contributed by atoms with Crippen molar-refractivity contribution in [2.24, 2.45) is 0 Å². The molecule has 34 heavy (non-hydrogen) atoms. The van der Waals surface area contributed by atoms with Crippen molar-refractivity contribution in [3.63, 3.8) is 0 Å². The SMILES string of the molecule is CCOC(=O)c1cccnc1.CS(=O)(=O)C1CC=C(O)c2c1ccc1c2CCc2ccccc2-1. The van der Waals surface area contributed by atoms with Crippen molar-refractivity contribution in [1.82, 2.24) is 4.98 Å². The number of ether oxygens (including phenoxy) is 1. The number of fused-ring (bicyclic) bond motifs is 5. The molecular weight excluding hydrogens is 450 g/mol. The Morgan fingerprint density at radius 3 is 2.59 bits per heavy atom. The van der Waals surface area contributed by atoms with Crippen LogP contribution in [0.3, 0.4) is 0 Å². The quantitative estimate of drug-likeness (QED) is 0.528. The first-order chi connectivity index (χ1) is 16.3. The number of allylic oxidation sites excluding steroid dienone is 1. The molecule has 0 amide bonds. The maximum Gasteiger partial charge on any atom is 0.339 e. The van der Waals surface area contributed by atoms with E-state index in [9.17, 15) is 18.3 Å². The number of benzene rings is 2.